The average molecular weight is 323 g/mol. The van der Waals surface area contributed by atoms with Gasteiger partial charge in [-0.3, -0.25) is 4.79 Å². The molecule has 1 fully saturated rings. The Bertz CT molecular complexity index is 713. The number of aromatic amines is 1. The van der Waals surface area contributed by atoms with E-state index in [0.29, 0.717) is 23.0 Å². The first-order valence-corrected chi connectivity index (χ1v) is 8.42. The summed E-state index contributed by atoms with van der Waals surface area (Å²) in [5.74, 6) is 0.999. The van der Waals surface area contributed by atoms with Gasteiger partial charge in [0.25, 0.3) is 5.91 Å². The molecule has 1 amide bonds. The predicted molar refractivity (Wildman–Crippen MR) is 88.9 cm³/mol. The van der Waals surface area contributed by atoms with Crippen molar-refractivity contribution in [3.05, 3.63) is 47.8 Å². The molecule has 2 N–H and O–H groups in total. The molecule has 0 spiro atoms. The van der Waals surface area contributed by atoms with Crippen molar-refractivity contribution in [3.8, 4) is 6.07 Å². The van der Waals surface area contributed by atoms with Crippen LogP contribution in [0.1, 0.15) is 66.4 Å². The number of aromatic nitrogens is 3. The molecule has 0 bridgehead atoms. The summed E-state index contributed by atoms with van der Waals surface area (Å²) in [4.78, 5) is 24.0. The summed E-state index contributed by atoms with van der Waals surface area (Å²) in [6, 6.07) is 5.13. The van der Waals surface area contributed by atoms with E-state index < -0.39 is 0 Å². The van der Waals surface area contributed by atoms with E-state index in [1.807, 2.05) is 6.07 Å². The number of hydrogen-bond acceptors (Lipinski definition) is 4. The topological polar surface area (TPSA) is 94.5 Å². The third kappa shape index (κ3) is 3.99. The molecule has 124 valence electrons. The minimum absolute atomic E-state index is 0.212. The van der Waals surface area contributed by atoms with Gasteiger partial charge in [0.05, 0.1) is 11.6 Å². The second-order valence-electron chi connectivity index (χ2n) is 6.29. The molecular formula is C18H21N5O. The molecule has 1 saturated carbocycles. The summed E-state index contributed by atoms with van der Waals surface area (Å²) >= 11 is 0. The van der Waals surface area contributed by atoms with Crippen LogP contribution in [0.5, 0.6) is 0 Å². The zero-order valence-electron chi connectivity index (χ0n) is 13.5. The van der Waals surface area contributed by atoms with Crippen LogP contribution in [0.25, 0.3) is 0 Å². The fourth-order valence-electron chi connectivity index (χ4n) is 3.30. The number of nitrogens with zero attached hydrogens (tertiary/aromatic N) is 3. The first-order chi connectivity index (χ1) is 11.8. The molecule has 0 aliphatic heterocycles. The van der Waals surface area contributed by atoms with Crippen molar-refractivity contribution in [3.63, 3.8) is 0 Å². The van der Waals surface area contributed by atoms with Crippen LogP contribution < -0.4 is 5.32 Å². The highest BCUT2D eigenvalue weighted by atomic mass is 16.1. The van der Waals surface area contributed by atoms with Crippen molar-refractivity contribution in [1.29, 1.82) is 5.26 Å². The van der Waals surface area contributed by atoms with E-state index in [1.54, 1.807) is 24.5 Å². The zero-order chi connectivity index (χ0) is 16.8. The number of amides is 1. The Hall–Kier alpha value is -2.68. The van der Waals surface area contributed by atoms with Gasteiger partial charge in [0, 0.05) is 18.6 Å². The third-order valence-electron chi connectivity index (χ3n) is 4.55. The van der Waals surface area contributed by atoms with Gasteiger partial charge in [-0.05, 0) is 24.5 Å². The molecule has 3 rings (SSSR count). The molecule has 6 nitrogen and oxygen atoms in total. The second kappa shape index (κ2) is 7.73. The highest BCUT2D eigenvalue weighted by molar-refractivity contribution is 5.93. The quantitative estimate of drug-likeness (QED) is 0.884. The van der Waals surface area contributed by atoms with Crippen LogP contribution >= 0.6 is 0 Å². The van der Waals surface area contributed by atoms with Crippen LogP contribution in [-0.2, 0) is 0 Å². The average Bonchev–Trinajstić information content (AvgIpc) is 3.12. The van der Waals surface area contributed by atoms with Crippen molar-refractivity contribution in [2.75, 3.05) is 0 Å². The molecule has 1 aliphatic carbocycles. The van der Waals surface area contributed by atoms with E-state index in [9.17, 15) is 4.79 Å². The number of H-pyrrole nitrogens is 1. The lowest BCUT2D eigenvalue weighted by Crippen LogP contribution is -2.31. The lowest BCUT2D eigenvalue weighted by molar-refractivity contribution is 0.0921. The standard InChI is InChI=1S/C18H21N5O/c19-11-14-10-16(22-12-14)18(24)23-15(17-20-7-4-8-21-17)9-13-5-2-1-3-6-13/h4,7-8,10,12-13,15,22H,1-3,5-6,9H2,(H,23,24)/t15-/m1/s1. The highest BCUT2D eigenvalue weighted by Crippen LogP contribution is 2.31. The summed E-state index contributed by atoms with van der Waals surface area (Å²) < 4.78 is 0. The van der Waals surface area contributed by atoms with E-state index in [4.69, 9.17) is 5.26 Å². The minimum Gasteiger partial charge on any atom is -0.356 e. The first kappa shape index (κ1) is 16.2. The van der Waals surface area contributed by atoms with E-state index >= 15 is 0 Å². The monoisotopic (exact) mass is 323 g/mol. The Labute approximate surface area is 141 Å². The smallest absolute Gasteiger partial charge is 0.268 e. The van der Waals surface area contributed by atoms with Crippen LogP contribution in [0.15, 0.2) is 30.7 Å². The van der Waals surface area contributed by atoms with Gasteiger partial charge in [0.15, 0.2) is 0 Å². The maximum Gasteiger partial charge on any atom is 0.268 e. The predicted octanol–water partition coefficient (Wildman–Crippen LogP) is 3.12. The van der Waals surface area contributed by atoms with Gasteiger partial charge in [-0.1, -0.05) is 32.1 Å². The molecule has 0 unspecified atom stereocenters. The zero-order valence-corrected chi connectivity index (χ0v) is 13.5. The SMILES string of the molecule is N#Cc1c[nH]c(C(=O)N[C@H](CC2CCCCC2)c2ncccn2)c1. The Morgan fingerprint density at radius 2 is 2.08 bits per heavy atom. The maximum atomic E-state index is 12.5. The number of nitrogens with one attached hydrogen (secondary N) is 2. The molecule has 0 radical (unpaired) electrons. The van der Waals surface area contributed by atoms with Crippen molar-refractivity contribution in [2.24, 2.45) is 5.92 Å². The number of carbonyl (C=O) groups is 1. The van der Waals surface area contributed by atoms with E-state index in [0.717, 1.165) is 6.42 Å². The van der Waals surface area contributed by atoms with Gasteiger partial charge < -0.3 is 10.3 Å². The highest BCUT2D eigenvalue weighted by Gasteiger charge is 2.24. The van der Waals surface area contributed by atoms with E-state index in [2.05, 4.69) is 20.3 Å². The fourth-order valence-corrected chi connectivity index (χ4v) is 3.30. The van der Waals surface area contributed by atoms with Gasteiger partial charge in [0.1, 0.15) is 17.6 Å². The summed E-state index contributed by atoms with van der Waals surface area (Å²) in [7, 11) is 0. The minimum atomic E-state index is -0.232. The number of nitriles is 1. The van der Waals surface area contributed by atoms with Crippen LogP contribution in [0.2, 0.25) is 0 Å². The Kier molecular flexibility index (Phi) is 5.22. The van der Waals surface area contributed by atoms with E-state index in [-0.39, 0.29) is 11.9 Å². The maximum absolute atomic E-state index is 12.5. The van der Waals surface area contributed by atoms with Crippen LogP contribution in [0, 0.1) is 17.2 Å². The van der Waals surface area contributed by atoms with Crippen molar-refractivity contribution < 1.29 is 4.79 Å². The second-order valence-corrected chi connectivity index (χ2v) is 6.29. The molecule has 1 aliphatic rings. The fraction of sp³-hybridized carbons (Fsp3) is 0.444. The van der Waals surface area contributed by atoms with Gasteiger partial charge >= 0.3 is 0 Å². The molecule has 0 saturated heterocycles. The lowest BCUT2D eigenvalue weighted by atomic mass is 9.84. The van der Waals surface area contributed by atoms with Crippen molar-refractivity contribution >= 4 is 5.91 Å². The van der Waals surface area contributed by atoms with Gasteiger partial charge in [-0.15, -0.1) is 0 Å². The van der Waals surface area contributed by atoms with Gasteiger partial charge in [-0.2, -0.15) is 5.26 Å². The molecule has 2 aromatic rings. The molecular weight excluding hydrogens is 302 g/mol. The number of rotatable bonds is 5. The lowest BCUT2D eigenvalue weighted by Gasteiger charge is -2.26. The third-order valence-corrected chi connectivity index (χ3v) is 4.55. The molecule has 1 atom stereocenters. The summed E-state index contributed by atoms with van der Waals surface area (Å²) in [6.45, 7) is 0. The van der Waals surface area contributed by atoms with Crippen LogP contribution in [-0.4, -0.2) is 20.9 Å². The van der Waals surface area contributed by atoms with Crippen LogP contribution in [0.4, 0.5) is 0 Å². The van der Waals surface area contributed by atoms with Crippen LogP contribution in [0.3, 0.4) is 0 Å². The number of hydrogen-bond donors (Lipinski definition) is 2. The van der Waals surface area contributed by atoms with E-state index in [1.165, 1.54) is 38.3 Å². The molecule has 6 heteroatoms. The Morgan fingerprint density at radius 3 is 2.75 bits per heavy atom. The summed E-state index contributed by atoms with van der Waals surface area (Å²) in [5, 5.41) is 11.9. The van der Waals surface area contributed by atoms with Crippen molar-refractivity contribution in [1.82, 2.24) is 20.3 Å². The van der Waals surface area contributed by atoms with Gasteiger partial charge in [-0.25, -0.2) is 9.97 Å². The Balaban J connectivity index is 1.74. The largest absolute Gasteiger partial charge is 0.356 e. The number of carbonyl (C=O) groups excluding carboxylic acids is 1. The summed E-state index contributed by atoms with van der Waals surface area (Å²) in [6.07, 6.45) is 12.0. The normalized spacial score (nSPS) is 16.3. The molecule has 2 heterocycles. The molecule has 0 aromatic carbocycles. The summed E-state index contributed by atoms with van der Waals surface area (Å²) in [5.41, 5.74) is 0.830. The Morgan fingerprint density at radius 1 is 1.33 bits per heavy atom. The van der Waals surface area contributed by atoms with Gasteiger partial charge in [0.2, 0.25) is 0 Å². The van der Waals surface area contributed by atoms with Crippen molar-refractivity contribution in [2.45, 2.75) is 44.6 Å². The molecule has 2 aromatic heterocycles. The molecule has 24 heavy (non-hydrogen) atoms. The first-order valence-electron chi connectivity index (χ1n) is 8.42.